The van der Waals surface area contributed by atoms with Crippen LogP contribution in [0.25, 0.3) is 0 Å². The Hall–Kier alpha value is -0.840. The number of ketones is 1. The normalized spacial score (nSPS) is 51.1. The summed E-state index contributed by atoms with van der Waals surface area (Å²) in [6.07, 6.45) is 2.12. The SMILES string of the molecule is CC1C(=O)[C@]2(C#N)[C@H](C)CC[C@H]12. The van der Waals surface area contributed by atoms with E-state index in [4.69, 9.17) is 5.26 Å². The average molecular weight is 163 g/mol. The second-order valence-corrected chi connectivity index (χ2v) is 4.22. The van der Waals surface area contributed by atoms with E-state index in [1.54, 1.807) is 0 Å². The Morgan fingerprint density at radius 1 is 1.50 bits per heavy atom. The van der Waals surface area contributed by atoms with Crippen LogP contribution < -0.4 is 0 Å². The van der Waals surface area contributed by atoms with Crippen molar-refractivity contribution in [2.75, 3.05) is 0 Å². The summed E-state index contributed by atoms with van der Waals surface area (Å²) in [4.78, 5) is 11.6. The maximum atomic E-state index is 11.6. The maximum absolute atomic E-state index is 11.6. The van der Waals surface area contributed by atoms with E-state index in [-0.39, 0.29) is 17.6 Å². The molecule has 0 aromatic rings. The Morgan fingerprint density at radius 2 is 2.17 bits per heavy atom. The van der Waals surface area contributed by atoms with E-state index in [1.807, 2.05) is 13.8 Å². The first kappa shape index (κ1) is 7.79. The van der Waals surface area contributed by atoms with Gasteiger partial charge in [0.1, 0.15) is 5.41 Å². The summed E-state index contributed by atoms with van der Waals surface area (Å²) < 4.78 is 0. The average Bonchev–Trinajstić information content (AvgIpc) is 2.39. The first-order chi connectivity index (χ1) is 5.64. The van der Waals surface area contributed by atoms with Crippen molar-refractivity contribution in [3.63, 3.8) is 0 Å². The molecule has 2 saturated carbocycles. The predicted molar refractivity (Wildman–Crippen MR) is 44.1 cm³/mol. The third-order valence-corrected chi connectivity index (χ3v) is 3.88. The highest BCUT2D eigenvalue weighted by atomic mass is 16.1. The molecule has 2 fully saturated rings. The van der Waals surface area contributed by atoms with Crippen molar-refractivity contribution in [1.29, 1.82) is 5.26 Å². The summed E-state index contributed by atoms with van der Waals surface area (Å²) in [6.45, 7) is 3.99. The largest absolute Gasteiger partial charge is 0.298 e. The van der Waals surface area contributed by atoms with Crippen LogP contribution in [0, 0.1) is 34.5 Å². The van der Waals surface area contributed by atoms with Crippen LogP contribution in [0.2, 0.25) is 0 Å². The second-order valence-electron chi connectivity index (χ2n) is 4.22. The molecular weight excluding hydrogens is 150 g/mol. The van der Waals surface area contributed by atoms with E-state index < -0.39 is 5.41 Å². The summed E-state index contributed by atoms with van der Waals surface area (Å²) in [5, 5.41) is 9.03. The van der Waals surface area contributed by atoms with E-state index in [1.165, 1.54) is 0 Å². The summed E-state index contributed by atoms with van der Waals surface area (Å²) in [5.74, 6) is 0.996. The van der Waals surface area contributed by atoms with Crippen molar-refractivity contribution >= 4 is 5.78 Å². The molecule has 64 valence electrons. The number of Topliss-reactive ketones (excluding diaryl/α,β-unsaturated/α-hetero) is 1. The van der Waals surface area contributed by atoms with Gasteiger partial charge in [-0.25, -0.2) is 0 Å². The molecule has 0 bridgehead atoms. The monoisotopic (exact) mass is 163 g/mol. The zero-order valence-electron chi connectivity index (χ0n) is 7.50. The van der Waals surface area contributed by atoms with Crippen LogP contribution in [-0.4, -0.2) is 5.78 Å². The minimum Gasteiger partial charge on any atom is -0.298 e. The van der Waals surface area contributed by atoms with Crippen LogP contribution in [0.1, 0.15) is 26.7 Å². The molecule has 1 unspecified atom stereocenters. The number of nitrogens with zero attached hydrogens (tertiary/aromatic N) is 1. The second kappa shape index (κ2) is 2.10. The van der Waals surface area contributed by atoms with Crippen LogP contribution in [-0.2, 0) is 4.79 Å². The summed E-state index contributed by atoms with van der Waals surface area (Å²) in [7, 11) is 0. The van der Waals surface area contributed by atoms with Gasteiger partial charge < -0.3 is 0 Å². The van der Waals surface area contributed by atoms with Crippen LogP contribution in [0.5, 0.6) is 0 Å². The molecule has 0 spiro atoms. The third kappa shape index (κ3) is 0.555. The quantitative estimate of drug-likeness (QED) is 0.546. The number of rotatable bonds is 0. The zero-order valence-corrected chi connectivity index (χ0v) is 7.50. The first-order valence-electron chi connectivity index (χ1n) is 4.60. The van der Waals surface area contributed by atoms with Gasteiger partial charge in [0, 0.05) is 5.92 Å². The van der Waals surface area contributed by atoms with E-state index in [0.29, 0.717) is 5.92 Å². The van der Waals surface area contributed by atoms with Crippen LogP contribution in [0.3, 0.4) is 0 Å². The Labute approximate surface area is 72.6 Å². The fourth-order valence-corrected chi connectivity index (χ4v) is 3.03. The molecule has 2 rings (SSSR count). The molecule has 0 N–H and O–H groups in total. The lowest BCUT2D eigenvalue weighted by molar-refractivity contribution is -0.149. The van der Waals surface area contributed by atoms with Gasteiger partial charge in [0.2, 0.25) is 0 Å². The zero-order chi connectivity index (χ0) is 8.93. The van der Waals surface area contributed by atoms with Gasteiger partial charge >= 0.3 is 0 Å². The van der Waals surface area contributed by atoms with Gasteiger partial charge in [0.25, 0.3) is 0 Å². The van der Waals surface area contributed by atoms with Crippen molar-refractivity contribution < 1.29 is 4.79 Å². The van der Waals surface area contributed by atoms with E-state index in [0.717, 1.165) is 12.8 Å². The third-order valence-electron chi connectivity index (χ3n) is 3.88. The smallest absolute Gasteiger partial charge is 0.156 e. The van der Waals surface area contributed by atoms with E-state index in [9.17, 15) is 4.79 Å². The number of nitriles is 1. The molecule has 2 heteroatoms. The lowest BCUT2D eigenvalue weighted by atomic mass is 9.53. The van der Waals surface area contributed by atoms with Gasteiger partial charge in [0.15, 0.2) is 5.78 Å². The van der Waals surface area contributed by atoms with Crippen LogP contribution in [0.15, 0.2) is 0 Å². The molecule has 0 radical (unpaired) electrons. The molecule has 0 heterocycles. The van der Waals surface area contributed by atoms with Gasteiger partial charge in [-0.3, -0.25) is 4.79 Å². The number of hydrogen-bond acceptors (Lipinski definition) is 2. The summed E-state index contributed by atoms with van der Waals surface area (Å²) >= 11 is 0. The van der Waals surface area contributed by atoms with Crippen molar-refractivity contribution in [2.24, 2.45) is 23.2 Å². The molecule has 2 aliphatic carbocycles. The van der Waals surface area contributed by atoms with Crippen molar-refractivity contribution in [2.45, 2.75) is 26.7 Å². The molecule has 4 atom stereocenters. The summed E-state index contributed by atoms with van der Waals surface area (Å²) in [6, 6.07) is 2.26. The molecular formula is C10H13NO. The minimum atomic E-state index is -0.570. The predicted octanol–water partition coefficient (Wildman–Crippen LogP) is 1.76. The number of hydrogen-bond donors (Lipinski definition) is 0. The van der Waals surface area contributed by atoms with Gasteiger partial charge in [-0.15, -0.1) is 0 Å². The molecule has 0 aliphatic heterocycles. The highest BCUT2D eigenvalue weighted by Crippen LogP contribution is 2.60. The molecule has 0 aromatic carbocycles. The standard InChI is InChI=1S/C10H13NO/c1-6-3-4-8-7(2)9(12)10(6,8)5-11/h6-8H,3-4H2,1-2H3/t6-,7?,8-,10-/m1/s1. The number of fused-ring (bicyclic) bond motifs is 1. The minimum absolute atomic E-state index is 0.148. The maximum Gasteiger partial charge on any atom is 0.156 e. The van der Waals surface area contributed by atoms with Gasteiger partial charge in [0.05, 0.1) is 6.07 Å². The van der Waals surface area contributed by atoms with Gasteiger partial charge in [-0.05, 0) is 24.7 Å². The van der Waals surface area contributed by atoms with Crippen molar-refractivity contribution in [3.05, 3.63) is 0 Å². The molecule has 2 nitrogen and oxygen atoms in total. The Balaban J connectivity index is 2.39. The number of carbonyl (C=O) groups excluding carboxylic acids is 1. The molecule has 0 saturated heterocycles. The van der Waals surface area contributed by atoms with E-state index >= 15 is 0 Å². The lowest BCUT2D eigenvalue weighted by Gasteiger charge is -2.45. The van der Waals surface area contributed by atoms with Crippen LogP contribution >= 0.6 is 0 Å². The van der Waals surface area contributed by atoms with Crippen LogP contribution in [0.4, 0.5) is 0 Å². The fraction of sp³-hybridized carbons (Fsp3) is 0.800. The molecule has 12 heavy (non-hydrogen) atoms. The lowest BCUT2D eigenvalue weighted by Crippen LogP contribution is -2.55. The Kier molecular flexibility index (Phi) is 1.36. The van der Waals surface area contributed by atoms with Gasteiger partial charge in [-0.2, -0.15) is 5.26 Å². The topological polar surface area (TPSA) is 40.9 Å². The van der Waals surface area contributed by atoms with Gasteiger partial charge in [-0.1, -0.05) is 13.8 Å². The van der Waals surface area contributed by atoms with Crippen molar-refractivity contribution in [1.82, 2.24) is 0 Å². The highest BCUT2D eigenvalue weighted by Gasteiger charge is 2.65. The summed E-state index contributed by atoms with van der Waals surface area (Å²) in [5.41, 5.74) is -0.570. The van der Waals surface area contributed by atoms with Crippen molar-refractivity contribution in [3.8, 4) is 6.07 Å². The Morgan fingerprint density at radius 3 is 2.67 bits per heavy atom. The highest BCUT2D eigenvalue weighted by molar-refractivity contribution is 5.97. The first-order valence-corrected chi connectivity index (χ1v) is 4.60. The Bertz CT molecular complexity index is 278. The van der Waals surface area contributed by atoms with E-state index in [2.05, 4.69) is 6.07 Å². The number of carbonyl (C=O) groups is 1. The fourth-order valence-electron chi connectivity index (χ4n) is 3.03. The molecule has 2 aliphatic rings. The molecule has 0 aromatic heterocycles. The molecule has 0 amide bonds.